The third kappa shape index (κ3) is 4.82. The molecule has 0 saturated heterocycles. The molecule has 0 aliphatic heterocycles. The summed E-state index contributed by atoms with van der Waals surface area (Å²) in [7, 11) is 0. The summed E-state index contributed by atoms with van der Waals surface area (Å²) in [5, 5.41) is 0. The maximum absolute atomic E-state index is 5.79. The molecule has 0 atom stereocenters. The van der Waals surface area contributed by atoms with E-state index in [-0.39, 0.29) is 0 Å². The van der Waals surface area contributed by atoms with E-state index in [1.165, 1.54) is 16.0 Å². The Balaban J connectivity index is 1.71. The van der Waals surface area contributed by atoms with Crippen LogP contribution in [0.5, 0.6) is 5.75 Å². The largest absolute Gasteiger partial charge is 0.494 e. The van der Waals surface area contributed by atoms with E-state index >= 15 is 0 Å². The molecule has 0 saturated carbocycles. The van der Waals surface area contributed by atoms with Gasteiger partial charge >= 0.3 is 0 Å². The summed E-state index contributed by atoms with van der Waals surface area (Å²) >= 11 is 1.82. The van der Waals surface area contributed by atoms with E-state index < -0.39 is 0 Å². The van der Waals surface area contributed by atoms with E-state index in [0.717, 1.165) is 30.2 Å². The number of hydrogen-bond acceptors (Lipinski definition) is 3. The van der Waals surface area contributed by atoms with Crippen molar-refractivity contribution in [2.24, 2.45) is 0 Å². The van der Waals surface area contributed by atoms with Crippen LogP contribution in [0, 0.1) is 13.8 Å². The Hall–Kier alpha value is -1.61. The Bertz CT molecular complexity index is 548. The lowest BCUT2D eigenvalue weighted by molar-refractivity contribution is 0.318. The molecule has 0 aliphatic carbocycles. The minimum Gasteiger partial charge on any atom is -0.494 e. The Labute approximate surface area is 125 Å². The van der Waals surface area contributed by atoms with Crippen molar-refractivity contribution in [3.63, 3.8) is 0 Å². The van der Waals surface area contributed by atoms with Crippen molar-refractivity contribution in [1.29, 1.82) is 0 Å². The Morgan fingerprint density at radius 1 is 1.05 bits per heavy atom. The van der Waals surface area contributed by atoms with E-state index in [2.05, 4.69) is 38.1 Å². The lowest BCUT2D eigenvalue weighted by atomic mass is 10.1. The monoisotopic (exact) mass is 287 g/mol. The van der Waals surface area contributed by atoms with Gasteiger partial charge in [0.2, 0.25) is 0 Å². The molecule has 2 N–H and O–H groups in total. The molecule has 0 unspecified atom stereocenters. The van der Waals surface area contributed by atoms with Gasteiger partial charge in [-0.3, -0.25) is 0 Å². The highest BCUT2D eigenvalue weighted by Crippen LogP contribution is 2.21. The first-order chi connectivity index (χ1) is 9.63. The normalized spacial score (nSPS) is 10.5. The first kappa shape index (κ1) is 14.8. The number of benzene rings is 2. The molecule has 2 rings (SSSR count). The van der Waals surface area contributed by atoms with Crippen LogP contribution in [-0.2, 0) is 0 Å². The van der Waals surface area contributed by atoms with Crippen molar-refractivity contribution in [2.75, 3.05) is 18.1 Å². The van der Waals surface area contributed by atoms with E-state index in [1.807, 2.05) is 30.0 Å². The highest BCUT2D eigenvalue weighted by Gasteiger charge is 1.98. The zero-order valence-electron chi connectivity index (χ0n) is 12.1. The smallest absolute Gasteiger partial charge is 0.119 e. The molecule has 0 bridgehead atoms. The minimum atomic E-state index is 0.748. The van der Waals surface area contributed by atoms with Crippen molar-refractivity contribution in [2.45, 2.75) is 25.2 Å². The van der Waals surface area contributed by atoms with Crippen molar-refractivity contribution >= 4 is 17.4 Å². The Morgan fingerprint density at radius 3 is 2.50 bits per heavy atom. The summed E-state index contributed by atoms with van der Waals surface area (Å²) in [5.41, 5.74) is 9.07. The fourth-order valence-electron chi connectivity index (χ4n) is 2.06. The molecular weight excluding hydrogens is 266 g/mol. The average Bonchev–Trinajstić information content (AvgIpc) is 2.37. The molecular formula is C17H21NOS. The van der Waals surface area contributed by atoms with Crippen LogP contribution in [0.3, 0.4) is 0 Å². The second-order valence-electron chi connectivity index (χ2n) is 4.95. The fraction of sp³-hybridized carbons (Fsp3) is 0.294. The zero-order valence-corrected chi connectivity index (χ0v) is 12.9. The van der Waals surface area contributed by atoms with Crippen molar-refractivity contribution < 1.29 is 4.74 Å². The van der Waals surface area contributed by atoms with Gasteiger partial charge in [0.25, 0.3) is 0 Å². The van der Waals surface area contributed by atoms with Crippen LogP contribution in [0.4, 0.5) is 5.69 Å². The van der Waals surface area contributed by atoms with Crippen LogP contribution in [0.1, 0.15) is 17.5 Å². The van der Waals surface area contributed by atoms with Crippen molar-refractivity contribution in [1.82, 2.24) is 0 Å². The van der Waals surface area contributed by atoms with Crippen LogP contribution in [0.25, 0.3) is 0 Å². The van der Waals surface area contributed by atoms with E-state index in [9.17, 15) is 0 Å². The summed E-state index contributed by atoms with van der Waals surface area (Å²) in [6.45, 7) is 4.93. The molecule has 2 nitrogen and oxygen atoms in total. The van der Waals surface area contributed by atoms with Crippen LogP contribution in [0.2, 0.25) is 0 Å². The molecule has 0 spiro atoms. The minimum absolute atomic E-state index is 0.748. The predicted octanol–water partition coefficient (Wildman–Crippen LogP) is 4.45. The molecule has 0 aliphatic rings. The number of rotatable bonds is 6. The number of aryl methyl sites for hydroxylation is 2. The van der Waals surface area contributed by atoms with Crippen molar-refractivity contribution in [3.8, 4) is 5.75 Å². The number of ether oxygens (including phenoxy) is 1. The molecule has 0 radical (unpaired) electrons. The summed E-state index contributed by atoms with van der Waals surface area (Å²) in [6.07, 6.45) is 1.02. The number of hydrogen-bond donors (Lipinski definition) is 1. The first-order valence-electron chi connectivity index (χ1n) is 6.83. The van der Waals surface area contributed by atoms with Gasteiger partial charge < -0.3 is 10.5 Å². The molecule has 20 heavy (non-hydrogen) atoms. The van der Waals surface area contributed by atoms with Gasteiger partial charge in [-0.25, -0.2) is 0 Å². The lowest BCUT2D eigenvalue weighted by Gasteiger charge is -2.08. The molecule has 2 aromatic rings. The summed E-state index contributed by atoms with van der Waals surface area (Å²) in [6, 6.07) is 14.3. The van der Waals surface area contributed by atoms with Crippen LogP contribution in [0.15, 0.2) is 47.4 Å². The van der Waals surface area contributed by atoms with E-state index in [1.54, 1.807) is 0 Å². The standard InChI is InChI=1S/C17H21NOS/c1-13-9-14(2)11-16(10-13)19-7-4-8-20-17-6-3-5-15(18)12-17/h3,5-6,9-12H,4,7-8,18H2,1-2H3. The number of nitrogens with two attached hydrogens (primary N) is 1. The maximum Gasteiger partial charge on any atom is 0.119 e. The van der Waals surface area contributed by atoms with Gasteiger partial charge in [-0.05, 0) is 61.7 Å². The maximum atomic E-state index is 5.79. The van der Waals surface area contributed by atoms with Crippen molar-refractivity contribution in [3.05, 3.63) is 53.6 Å². The van der Waals surface area contributed by atoms with Gasteiger partial charge in [0.05, 0.1) is 6.61 Å². The molecule has 0 fully saturated rings. The molecule has 106 valence electrons. The molecule has 0 heterocycles. The van der Waals surface area contributed by atoms with Gasteiger partial charge in [-0.1, -0.05) is 12.1 Å². The SMILES string of the molecule is Cc1cc(C)cc(OCCCSc2cccc(N)c2)c1. The van der Waals surface area contributed by atoms with Gasteiger partial charge in [0.1, 0.15) is 5.75 Å². The Kier molecular flexibility index (Phi) is 5.36. The van der Waals surface area contributed by atoms with Crippen LogP contribution >= 0.6 is 11.8 Å². The molecule has 2 aromatic carbocycles. The molecule has 3 heteroatoms. The third-order valence-electron chi connectivity index (χ3n) is 2.88. The number of nitrogen functional groups attached to an aromatic ring is 1. The zero-order chi connectivity index (χ0) is 14.4. The average molecular weight is 287 g/mol. The van der Waals surface area contributed by atoms with Gasteiger partial charge in [0.15, 0.2) is 0 Å². The second kappa shape index (κ2) is 7.25. The molecule has 0 amide bonds. The second-order valence-corrected chi connectivity index (χ2v) is 6.11. The number of anilines is 1. The van der Waals surface area contributed by atoms with E-state index in [4.69, 9.17) is 10.5 Å². The summed E-state index contributed by atoms with van der Waals surface area (Å²) in [4.78, 5) is 1.22. The fourth-order valence-corrected chi connectivity index (χ4v) is 2.95. The Morgan fingerprint density at radius 2 is 1.80 bits per heavy atom. The summed E-state index contributed by atoms with van der Waals surface area (Å²) < 4.78 is 5.79. The van der Waals surface area contributed by atoms with Crippen LogP contribution in [-0.4, -0.2) is 12.4 Å². The van der Waals surface area contributed by atoms with Gasteiger partial charge in [0, 0.05) is 16.3 Å². The third-order valence-corrected chi connectivity index (χ3v) is 3.96. The lowest BCUT2D eigenvalue weighted by Crippen LogP contribution is -1.99. The highest BCUT2D eigenvalue weighted by molar-refractivity contribution is 7.99. The van der Waals surface area contributed by atoms with Gasteiger partial charge in [-0.2, -0.15) is 0 Å². The van der Waals surface area contributed by atoms with Crippen LogP contribution < -0.4 is 10.5 Å². The van der Waals surface area contributed by atoms with Gasteiger partial charge in [-0.15, -0.1) is 11.8 Å². The summed E-state index contributed by atoms with van der Waals surface area (Å²) in [5.74, 6) is 2.00. The van der Waals surface area contributed by atoms with E-state index in [0.29, 0.717) is 0 Å². The predicted molar refractivity (Wildman–Crippen MR) is 87.6 cm³/mol. The topological polar surface area (TPSA) is 35.2 Å². The molecule has 0 aromatic heterocycles. The first-order valence-corrected chi connectivity index (χ1v) is 7.81. The number of thioether (sulfide) groups is 1. The highest BCUT2D eigenvalue weighted by atomic mass is 32.2. The quantitative estimate of drug-likeness (QED) is 0.484.